The minimum atomic E-state index is -4.44. The molecular weight excluding hydrogens is 397 g/mol. The molecule has 1 N–H and O–H groups in total. The Morgan fingerprint density at radius 2 is 1.90 bits per heavy atom. The van der Waals surface area contributed by atoms with Crippen LogP contribution in [0.4, 0.5) is 13.2 Å². The van der Waals surface area contributed by atoms with Gasteiger partial charge in [-0.1, -0.05) is 6.07 Å². The lowest BCUT2D eigenvalue weighted by molar-refractivity contribution is -0.137. The molecule has 2 aliphatic heterocycles. The van der Waals surface area contributed by atoms with Crippen molar-refractivity contribution in [3.8, 4) is 11.6 Å². The standard InChI is InChI=1S/C21H17F3N4O2/c22-21(23,24)14-2-6-18(26-8-14)30-15-3-5-16-13(7-15)1-4-17(27-16)19(29)28-11-20(12-28)9-25-10-20/h1-8,25H,9-12H2. The van der Waals surface area contributed by atoms with Gasteiger partial charge >= 0.3 is 6.18 Å². The highest BCUT2D eigenvalue weighted by atomic mass is 19.4. The van der Waals surface area contributed by atoms with Crippen molar-refractivity contribution < 1.29 is 22.7 Å². The van der Waals surface area contributed by atoms with Crippen LogP contribution in [0.3, 0.4) is 0 Å². The van der Waals surface area contributed by atoms with E-state index in [0.29, 0.717) is 17.0 Å². The number of carbonyl (C=O) groups excluding carboxylic acids is 1. The van der Waals surface area contributed by atoms with Gasteiger partial charge in [-0.05, 0) is 30.3 Å². The Kier molecular flexibility index (Phi) is 4.18. The van der Waals surface area contributed by atoms with E-state index < -0.39 is 11.7 Å². The molecule has 1 aromatic carbocycles. The molecule has 1 amide bonds. The van der Waals surface area contributed by atoms with Crippen molar-refractivity contribution >= 4 is 16.8 Å². The highest BCUT2D eigenvalue weighted by Crippen LogP contribution is 2.35. The Hall–Kier alpha value is -3.20. The number of hydrogen-bond acceptors (Lipinski definition) is 5. The van der Waals surface area contributed by atoms with E-state index in [1.807, 2.05) is 4.90 Å². The zero-order chi connectivity index (χ0) is 20.9. The Morgan fingerprint density at radius 3 is 2.53 bits per heavy atom. The smallest absolute Gasteiger partial charge is 0.417 e. The van der Waals surface area contributed by atoms with Crippen molar-refractivity contribution in [3.63, 3.8) is 0 Å². The van der Waals surface area contributed by atoms with Gasteiger partial charge in [0.25, 0.3) is 5.91 Å². The lowest BCUT2D eigenvalue weighted by Gasteiger charge is -2.55. The Bertz CT molecular complexity index is 1120. The van der Waals surface area contributed by atoms with E-state index in [1.165, 1.54) is 6.07 Å². The molecule has 0 unspecified atom stereocenters. The second-order valence-electron chi connectivity index (χ2n) is 7.80. The predicted octanol–water partition coefficient (Wildman–Crippen LogP) is 3.49. The molecule has 0 radical (unpaired) electrons. The van der Waals surface area contributed by atoms with Crippen LogP contribution >= 0.6 is 0 Å². The molecule has 30 heavy (non-hydrogen) atoms. The molecule has 0 bridgehead atoms. The molecule has 2 aliphatic rings. The Labute approximate surface area is 169 Å². The molecule has 5 rings (SSSR count). The van der Waals surface area contributed by atoms with E-state index in [4.69, 9.17) is 4.74 Å². The summed E-state index contributed by atoms with van der Waals surface area (Å²) in [5, 5.41) is 3.99. The lowest BCUT2D eigenvalue weighted by Crippen LogP contribution is -2.71. The van der Waals surface area contributed by atoms with Gasteiger partial charge in [-0.3, -0.25) is 4.79 Å². The number of benzene rings is 1. The van der Waals surface area contributed by atoms with Crippen LogP contribution in [0.25, 0.3) is 10.9 Å². The molecule has 4 heterocycles. The van der Waals surface area contributed by atoms with E-state index in [2.05, 4.69) is 15.3 Å². The number of alkyl halides is 3. The number of hydrogen-bond donors (Lipinski definition) is 1. The summed E-state index contributed by atoms with van der Waals surface area (Å²) in [5.74, 6) is 0.390. The zero-order valence-corrected chi connectivity index (χ0v) is 15.7. The van der Waals surface area contributed by atoms with E-state index in [0.717, 1.165) is 43.8 Å². The molecule has 6 nitrogen and oxygen atoms in total. The molecule has 1 spiro atoms. The number of rotatable bonds is 3. The van der Waals surface area contributed by atoms with Crippen LogP contribution in [0.1, 0.15) is 16.1 Å². The topological polar surface area (TPSA) is 67.3 Å². The third-order valence-electron chi connectivity index (χ3n) is 5.51. The molecule has 9 heteroatoms. The first-order chi connectivity index (χ1) is 14.3. The third-order valence-corrected chi connectivity index (χ3v) is 5.51. The second-order valence-corrected chi connectivity index (χ2v) is 7.80. The number of nitrogens with one attached hydrogen (secondary N) is 1. The summed E-state index contributed by atoms with van der Waals surface area (Å²) in [6, 6.07) is 10.6. The number of halogens is 3. The predicted molar refractivity (Wildman–Crippen MR) is 102 cm³/mol. The summed E-state index contributed by atoms with van der Waals surface area (Å²) in [7, 11) is 0. The largest absolute Gasteiger partial charge is 0.439 e. The van der Waals surface area contributed by atoms with Crippen molar-refractivity contribution in [2.24, 2.45) is 5.41 Å². The van der Waals surface area contributed by atoms with E-state index in [1.54, 1.807) is 30.3 Å². The maximum Gasteiger partial charge on any atom is 0.417 e. The van der Waals surface area contributed by atoms with Crippen molar-refractivity contribution in [1.29, 1.82) is 0 Å². The average molecular weight is 414 g/mol. The highest BCUT2D eigenvalue weighted by molar-refractivity contribution is 5.95. The summed E-state index contributed by atoms with van der Waals surface area (Å²) in [6.45, 7) is 3.42. The Balaban J connectivity index is 1.30. The van der Waals surface area contributed by atoms with Crippen LogP contribution in [0.5, 0.6) is 11.6 Å². The fourth-order valence-electron chi connectivity index (χ4n) is 3.79. The summed E-state index contributed by atoms with van der Waals surface area (Å²) in [6.07, 6.45) is -3.71. The van der Waals surface area contributed by atoms with Crippen molar-refractivity contribution in [1.82, 2.24) is 20.2 Å². The number of nitrogens with zero attached hydrogens (tertiary/aromatic N) is 3. The lowest BCUT2D eigenvalue weighted by atomic mass is 9.74. The van der Waals surface area contributed by atoms with Crippen LogP contribution in [-0.2, 0) is 6.18 Å². The molecule has 2 fully saturated rings. The quantitative estimate of drug-likeness (QED) is 0.711. The van der Waals surface area contributed by atoms with E-state index in [9.17, 15) is 18.0 Å². The molecule has 2 saturated heterocycles. The number of ether oxygens (including phenoxy) is 1. The number of pyridine rings is 2. The highest BCUT2D eigenvalue weighted by Gasteiger charge is 2.49. The first-order valence-corrected chi connectivity index (χ1v) is 9.43. The van der Waals surface area contributed by atoms with Gasteiger partial charge in [0.1, 0.15) is 11.4 Å². The number of amides is 1. The summed E-state index contributed by atoms with van der Waals surface area (Å²) in [5.41, 5.74) is 0.443. The molecule has 0 aliphatic carbocycles. The molecule has 0 saturated carbocycles. The van der Waals surface area contributed by atoms with Gasteiger partial charge in [-0.25, -0.2) is 9.97 Å². The van der Waals surface area contributed by atoms with E-state index >= 15 is 0 Å². The minimum Gasteiger partial charge on any atom is -0.439 e. The molecule has 154 valence electrons. The van der Waals surface area contributed by atoms with Gasteiger partial charge in [0.05, 0.1) is 11.1 Å². The maximum absolute atomic E-state index is 12.6. The van der Waals surface area contributed by atoms with Crippen LogP contribution in [-0.4, -0.2) is 47.0 Å². The number of carbonyl (C=O) groups is 1. The molecule has 2 aromatic heterocycles. The van der Waals surface area contributed by atoms with Gasteiger partial charge in [0, 0.05) is 49.2 Å². The summed E-state index contributed by atoms with van der Waals surface area (Å²) in [4.78, 5) is 22.6. The summed E-state index contributed by atoms with van der Waals surface area (Å²) >= 11 is 0. The third kappa shape index (κ3) is 3.35. The van der Waals surface area contributed by atoms with Crippen molar-refractivity contribution in [2.45, 2.75) is 6.18 Å². The van der Waals surface area contributed by atoms with Crippen molar-refractivity contribution in [3.05, 3.63) is 59.9 Å². The zero-order valence-electron chi connectivity index (χ0n) is 15.7. The van der Waals surface area contributed by atoms with Gasteiger partial charge in [-0.15, -0.1) is 0 Å². The van der Waals surface area contributed by atoms with Crippen LogP contribution in [0.2, 0.25) is 0 Å². The van der Waals surface area contributed by atoms with Gasteiger partial charge < -0.3 is 15.0 Å². The second kappa shape index (κ2) is 6.66. The molecule has 3 aromatic rings. The fraction of sp³-hybridized carbons (Fsp3) is 0.286. The van der Waals surface area contributed by atoms with Crippen LogP contribution in [0, 0.1) is 5.41 Å². The van der Waals surface area contributed by atoms with Gasteiger partial charge in [0.2, 0.25) is 5.88 Å². The number of likely N-dealkylation sites (tertiary alicyclic amines) is 1. The van der Waals surface area contributed by atoms with E-state index in [-0.39, 0.29) is 17.2 Å². The number of aromatic nitrogens is 2. The van der Waals surface area contributed by atoms with Gasteiger partial charge in [0.15, 0.2) is 0 Å². The minimum absolute atomic E-state index is 0.0549. The maximum atomic E-state index is 12.6. The molecule has 0 atom stereocenters. The van der Waals surface area contributed by atoms with Crippen molar-refractivity contribution in [2.75, 3.05) is 26.2 Å². The first-order valence-electron chi connectivity index (χ1n) is 9.43. The monoisotopic (exact) mass is 414 g/mol. The first kappa shape index (κ1) is 18.8. The average Bonchev–Trinajstić information content (AvgIpc) is 2.65. The van der Waals surface area contributed by atoms with Gasteiger partial charge in [-0.2, -0.15) is 13.2 Å². The summed E-state index contributed by atoms with van der Waals surface area (Å²) < 4.78 is 43.4. The normalized spacial score (nSPS) is 17.5. The number of fused-ring (bicyclic) bond motifs is 1. The fourth-order valence-corrected chi connectivity index (χ4v) is 3.79. The van der Waals surface area contributed by atoms with Crippen LogP contribution in [0.15, 0.2) is 48.7 Å². The van der Waals surface area contributed by atoms with Crippen LogP contribution < -0.4 is 10.1 Å². The molecular formula is C21H17F3N4O2. The Morgan fingerprint density at radius 1 is 1.10 bits per heavy atom. The SMILES string of the molecule is O=C(c1ccc2cc(Oc3ccc(C(F)(F)F)cn3)ccc2n1)N1CC2(CNC2)C1.